The second-order valence-corrected chi connectivity index (χ2v) is 4.44. The van der Waals surface area contributed by atoms with Gasteiger partial charge in [0, 0.05) is 25.9 Å². The third-order valence-electron chi connectivity index (χ3n) is 3.17. The predicted octanol–water partition coefficient (Wildman–Crippen LogP) is -1.83. The van der Waals surface area contributed by atoms with Crippen LogP contribution in [0, 0.1) is 5.92 Å². The Kier molecular flexibility index (Phi) is 3.01. The van der Waals surface area contributed by atoms with Gasteiger partial charge in [-0.05, 0) is 0 Å². The minimum Gasteiger partial charge on any atom is -0.480 e. The summed E-state index contributed by atoms with van der Waals surface area (Å²) in [6.45, 7) is 0.275. The number of carbonyl (C=O) groups excluding carboxylic acids is 2. The molecule has 17 heavy (non-hydrogen) atoms. The van der Waals surface area contributed by atoms with Crippen LogP contribution in [0.15, 0.2) is 0 Å². The van der Waals surface area contributed by atoms with Crippen LogP contribution in [0.5, 0.6) is 0 Å². The Bertz CT molecular complexity index is 370. The molecule has 2 saturated heterocycles. The van der Waals surface area contributed by atoms with Crippen LogP contribution in [0.25, 0.3) is 0 Å². The summed E-state index contributed by atoms with van der Waals surface area (Å²) >= 11 is 0. The lowest BCUT2D eigenvalue weighted by Gasteiger charge is -2.23. The van der Waals surface area contributed by atoms with Crippen molar-refractivity contribution in [2.75, 3.05) is 13.1 Å². The van der Waals surface area contributed by atoms with Crippen molar-refractivity contribution in [1.82, 2.24) is 10.2 Å². The number of β-amino-alcohol motifs (C(OH)–C–C–N with tert-alkyl or cyclic N) is 1. The molecule has 3 atom stereocenters. The quantitative estimate of drug-likeness (QED) is 0.528. The van der Waals surface area contributed by atoms with E-state index in [1.54, 1.807) is 0 Å². The van der Waals surface area contributed by atoms with Gasteiger partial charge in [0.15, 0.2) is 0 Å². The maximum absolute atomic E-state index is 12.0. The molecular formula is C10H14N2O5. The Morgan fingerprint density at radius 2 is 2.12 bits per heavy atom. The van der Waals surface area contributed by atoms with E-state index in [4.69, 9.17) is 5.11 Å². The van der Waals surface area contributed by atoms with Gasteiger partial charge in [0.2, 0.25) is 11.8 Å². The van der Waals surface area contributed by atoms with Crippen LogP contribution in [-0.2, 0) is 14.4 Å². The summed E-state index contributed by atoms with van der Waals surface area (Å²) in [5.74, 6) is -2.19. The Morgan fingerprint density at radius 3 is 2.65 bits per heavy atom. The van der Waals surface area contributed by atoms with Gasteiger partial charge < -0.3 is 20.4 Å². The van der Waals surface area contributed by atoms with Gasteiger partial charge in [0.25, 0.3) is 0 Å². The third-order valence-corrected chi connectivity index (χ3v) is 3.17. The molecule has 2 heterocycles. The maximum Gasteiger partial charge on any atom is 0.326 e. The average Bonchev–Trinajstić information content (AvgIpc) is 2.83. The monoisotopic (exact) mass is 242 g/mol. The van der Waals surface area contributed by atoms with Crippen molar-refractivity contribution in [2.45, 2.75) is 25.0 Å². The Balaban J connectivity index is 2.07. The van der Waals surface area contributed by atoms with E-state index >= 15 is 0 Å². The van der Waals surface area contributed by atoms with Gasteiger partial charge in [-0.1, -0.05) is 0 Å². The van der Waals surface area contributed by atoms with Gasteiger partial charge in [-0.15, -0.1) is 0 Å². The minimum absolute atomic E-state index is 0.0283. The van der Waals surface area contributed by atoms with Gasteiger partial charge in [-0.3, -0.25) is 9.59 Å². The zero-order chi connectivity index (χ0) is 12.6. The lowest BCUT2D eigenvalue weighted by atomic mass is 10.1. The molecule has 7 heteroatoms. The second-order valence-electron chi connectivity index (χ2n) is 4.44. The first-order chi connectivity index (χ1) is 7.99. The van der Waals surface area contributed by atoms with E-state index in [-0.39, 0.29) is 37.7 Å². The first kappa shape index (κ1) is 11.8. The lowest BCUT2D eigenvalue weighted by molar-refractivity contribution is -0.149. The number of carboxylic acid groups (broad SMARTS) is 1. The zero-order valence-corrected chi connectivity index (χ0v) is 9.13. The van der Waals surface area contributed by atoms with Crippen LogP contribution in [0.2, 0.25) is 0 Å². The number of nitrogens with one attached hydrogen (secondary N) is 1. The van der Waals surface area contributed by atoms with Crippen LogP contribution >= 0.6 is 0 Å². The van der Waals surface area contributed by atoms with Gasteiger partial charge in [0.1, 0.15) is 6.04 Å². The van der Waals surface area contributed by atoms with Gasteiger partial charge in [0.05, 0.1) is 12.0 Å². The molecule has 0 aromatic heterocycles. The second kappa shape index (κ2) is 4.33. The summed E-state index contributed by atoms with van der Waals surface area (Å²) in [6, 6.07) is -0.979. The molecule has 0 spiro atoms. The van der Waals surface area contributed by atoms with Gasteiger partial charge in [-0.25, -0.2) is 4.79 Å². The van der Waals surface area contributed by atoms with E-state index in [1.807, 2.05) is 0 Å². The Hall–Kier alpha value is -1.63. The molecule has 0 aromatic rings. The lowest BCUT2D eigenvalue weighted by Crippen LogP contribution is -2.44. The van der Waals surface area contributed by atoms with Crippen molar-refractivity contribution in [3.05, 3.63) is 0 Å². The number of rotatable bonds is 2. The molecule has 0 aromatic carbocycles. The molecule has 3 unspecified atom stereocenters. The van der Waals surface area contributed by atoms with Crippen molar-refractivity contribution in [1.29, 1.82) is 0 Å². The van der Waals surface area contributed by atoms with Crippen molar-refractivity contribution in [3.8, 4) is 0 Å². The minimum atomic E-state index is -1.12. The maximum atomic E-state index is 12.0. The molecular weight excluding hydrogens is 228 g/mol. The highest BCUT2D eigenvalue weighted by molar-refractivity contribution is 5.91. The summed E-state index contributed by atoms with van der Waals surface area (Å²) < 4.78 is 0. The molecule has 2 amide bonds. The number of aliphatic carboxylic acids is 1. The third kappa shape index (κ3) is 2.23. The molecule has 0 bridgehead atoms. The van der Waals surface area contributed by atoms with Gasteiger partial charge in [-0.2, -0.15) is 0 Å². The molecule has 2 fully saturated rings. The number of likely N-dealkylation sites (tertiary alicyclic amines) is 1. The Morgan fingerprint density at radius 1 is 1.41 bits per heavy atom. The average molecular weight is 242 g/mol. The molecule has 2 aliphatic heterocycles. The number of aliphatic hydroxyl groups excluding tert-OH is 1. The fourth-order valence-electron chi connectivity index (χ4n) is 2.31. The van der Waals surface area contributed by atoms with Crippen LogP contribution in [-0.4, -0.2) is 58.1 Å². The molecule has 0 saturated carbocycles. The first-order valence-corrected chi connectivity index (χ1v) is 5.47. The van der Waals surface area contributed by atoms with Crippen molar-refractivity contribution < 1.29 is 24.6 Å². The molecule has 0 aliphatic carbocycles. The summed E-state index contributed by atoms with van der Waals surface area (Å²) in [5.41, 5.74) is 0. The van der Waals surface area contributed by atoms with E-state index in [0.717, 1.165) is 4.90 Å². The number of carbonyl (C=O) groups is 3. The number of nitrogens with zero attached hydrogens (tertiary/aromatic N) is 1. The fraction of sp³-hybridized carbons (Fsp3) is 0.700. The molecule has 94 valence electrons. The van der Waals surface area contributed by atoms with Crippen molar-refractivity contribution >= 4 is 17.8 Å². The molecule has 3 N–H and O–H groups in total. The highest BCUT2D eigenvalue weighted by Crippen LogP contribution is 2.23. The topological polar surface area (TPSA) is 107 Å². The van der Waals surface area contributed by atoms with Gasteiger partial charge >= 0.3 is 5.97 Å². The zero-order valence-electron chi connectivity index (χ0n) is 9.13. The summed E-state index contributed by atoms with van der Waals surface area (Å²) in [6.07, 6.45) is -0.655. The fourth-order valence-corrected chi connectivity index (χ4v) is 2.31. The number of aliphatic hydroxyl groups is 1. The highest BCUT2D eigenvalue weighted by atomic mass is 16.4. The summed E-state index contributed by atoms with van der Waals surface area (Å²) in [4.78, 5) is 35.1. The number of amides is 2. The van der Waals surface area contributed by atoms with Crippen LogP contribution in [0.3, 0.4) is 0 Å². The van der Waals surface area contributed by atoms with Crippen LogP contribution in [0.4, 0.5) is 0 Å². The molecule has 2 rings (SSSR count). The van der Waals surface area contributed by atoms with Crippen LogP contribution < -0.4 is 5.32 Å². The summed E-state index contributed by atoms with van der Waals surface area (Å²) in [7, 11) is 0. The van der Waals surface area contributed by atoms with Crippen molar-refractivity contribution in [3.63, 3.8) is 0 Å². The standard InChI is InChI=1S/C10H14N2O5/c13-6-2-7(10(16)17)12(4-6)9(15)5-1-8(14)11-3-5/h5-7,13H,1-4H2,(H,11,14)(H,16,17). The highest BCUT2D eigenvalue weighted by Gasteiger charge is 2.42. The largest absolute Gasteiger partial charge is 0.480 e. The van der Waals surface area contributed by atoms with Crippen LogP contribution in [0.1, 0.15) is 12.8 Å². The smallest absolute Gasteiger partial charge is 0.326 e. The molecule has 2 aliphatic rings. The van der Waals surface area contributed by atoms with E-state index in [1.165, 1.54) is 0 Å². The van der Waals surface area contributed by atoms with E-state index in [9.17, 15) is 19.5 Å². The van der Waals surface area contributed by atoms with E-state index in [0.29, 0.717) is 0 Å². The number of carboxylic acids is 1. The summed E-state index contributed by atoms with van der Waals surface area (Å²) in [5, 5.41) is 20.9. The van der Waals surface area contributed by atoms with Crippen molar-refractivity contribution in [2.24, 2.45) is 5.92 Å². The number of hydrogen-bond donors (Lipinski definition) is 3. The van der Waals surface area contributed by atoms with E-state index in [2.05, 4.69) is 5.32 Å². The SMILES string of the molecule is O=C1CC(C(=O)N2CC(O)CC2C(=O)O)CN1. The molecule has 0 radical (unpaired) electrons. The Labute approximate surface area is 97.4 Å². The first-order valence-electron chi connectivity index (χ1n) is 5.47. The van der Waals surface area contributed by atoms with E-state index < -0.39 is 24.0 Å². The normalized spacial score (nSPS) is 32.6. The number of hydrogen-bond acceptors (Lipinski definition) is 4. The molecule has 7 nitrogen and oxygen atoms in total. The predicted molar refractivity (Wildman–Crippen MR) is 54.9 cm³/mol.